The average molecular weight is 844 g/mol. The molecular weight excluding hydrogens is 787 g/mol. The summed E-state index contributed by atoms with van der Waals surface area (Å²) in [4.78, 5) is 83.7. The van der Waals surface area contributed by atoms with Crippen LogP contribution in [0.15, 0.2) is 71.8 Å². The summed E-state index contributed by atoms with van der Waals surface area (Å²) in [5, 5.41) is 16.4. The number of ether oxygens (including phenoxy) is 6. The number of fused-ring (bicyclic) bond motifs is 5. The van der Waals surface area contributed by atoms with Crippen LogP contribution >= 0.6 is 0 Å². The third-order valence-electron chi connectivity index (χ3n) is 14.5. The Morgan fingerprint density at radius 1 is 0.951 bits per heavy atom. The molecule has 0 spiro atoms. The molecule has 1 aliphatic heterocycles. The van der Waals surface area contributed by atoms with Crippen molar-refractivity contribution in [3.63, 3.8) is 0 Å². The Balaban J connectivity index is 1.34. The van der Waals surface area contributed by atoms with Gasteiger partial charge in [0.1, 0.15) is 18.2 Å². The molecule has 2 aromatic carbocycles. The molecule has 11 atom stereocenters. The first-order valence-electron chi connectivity index (χ1n) is 21.3. The van der Waals surface area contributed by atoms with Gasteiger partial charge in [-0.3, -0.25) is 19.2 Å². The molecule has 4 fully saturated rings. The first kappa shape index (κ1) is 44.0. The second-order valence-electron chi connectivity index (χ2n) is 18.2. The molecule has 2 bridgehead atoms. The highest BCUT2D eigenvalue weighted by Gasteiger charge is 2.76. The number of nitrogens with one attached hydrogen (secondary N) is 1. The molecule has 1 amide bonds. The fraction of sp³-hybridized carbons (Fsp3) is 0.574. The van der Waals surface area contributed by atoms with Crippen molar-refractivity contribution in [1.29, 1.82) is 0 Å². The Bertz CT molecular complexity index is 2100. The van der Waals surface area contributed by atoms with E-state index < -0.39 is 94.1 Å². The number of amides is 1. The highest BCUT2D eigenvalue weighted by Crippen LogP contribution is 2.67. The second kappa shape index (κ2) is 16.3. The Morgan fingerprint density at radius 3 is 2.16 bits per heavy atom. The Hall–Kier alpha value is -5.08. The molecule has 328 valence electrons. The molecule has 2 aromatic rings. The SMILES string of the molecule is CCOC(=O)OC(C(=O)OC1CC2(O)C(C)C3C4(OC(=O)C5CC5)COC4CC(C)C3(C)C(=O)C(OC(C)=O)C(=C1C)C2(C)C)C(NC(=O)c1ccccc1)c1ccccc1. The van der Waals surface area contributed by atoms with Gasteiger partial charge in [-0.2, -0.15) is 0 Å². The van der Waals surface area contributed by atoms with Crippen molar-refractivity contribution >= 4 is 35.8 Å². The highest BCUT2D eigenvalue weighted by molar-refractivity contribution is 5.96. The van der Waals surface area contributed by atoms with E-state index in [1.54, 1.807) is 88.4 Å². The summed E-state index contributed by atoms with van der Waals surface area (Å²) in [6.45, 7) is 13.5. The van der Waals surface area contributed by atoms with Gasteiger partial charge in [-0.25, -0.2) is 9.59 Å². The van der Waals surface area contributed by atoms with E-state index in [0.717, 1.165) is 0 Å². The van der Waals surface area contributed by atoms with Crippen LogP contribution in [0.3, 0.4) is 0 Å². The van der Waals surface area contributed by atoms with Crippen molar-refractivity contribution in [1.82, 2.24) is 5.32 Å². The zero-order valence-corrected chi connectivity index (χ0v) is 36.1. The summed E-state index contributed by atoms with van der Waals surface area (Å²) in [5.74, 6) is -5.44. The van der Waals surface area contributed by atoms with Gasteiger partial charge in [0.25, 0.3) is 5.91 Å². The summed E-state index contributed by atoms with van der Waals surface area (Å²) in [6, 6.07) is 15.5. The monoisotopic (exact) mass is 843 g/mol. The minimum atomic E-state index is -1.81. The minimum absolute atomic E-state index is 0.0120. The molecule has 14 heteroatoms. The zero-order chi connectivity index (χ0) is 44.2. The van der Waals surface area contributed by atoms with Gasteiger partial charge in [0.2, 0.25) is 6.10 Å². The number of hydrogen-bond acceptors (Lipinski definition) is 13. The topological polar surface area (TPSA) is 190 Å². The van der Waals surface area contributed by atoms with Crippen molar-refractivity contribution < 1.29 is 62.3 Å². The first-order chi connectivity index (χ1) is 28.8. The maximum atomic E-state index is 15.5. The number of Topliss-reactive ketones (excluding diaryl/α,β-unsaturated/α-hetero) is 1. The Morgan fingerprint density at radius 2 is 1.59 bits per heavy atom. The Kier molecular flexibility index (Phi) is 11.8. The standard InChI is InChI=1S/C47H57NO13/c1-9-56-43(54)60-37(35(29-16-12-10-13-17-29)48-40(51)30-18-14-11-15-19-30)42(53)59-32-23-47(55)27(4)38-45(8,39(50)36(58-28(5)49)34(26(32)3)44(47,6)7)25(2)22-33-46(38,24-57-33)61-41(52)31-20-21-31/h10-19,25,27,31-33,35-38,55H,9,20-24H2,1-8H3,(H,48,51). The van der Waals surface area contributed by atoms with E-state index in [2.05, 4.69) is 5.32 Å². The average Bonchev–Trinajstić information content (AvgIpc) is 4.07. The largest absolute Gasteiger partial charge is 0.509 e. The van der Waals surface area contributed by atoms with Gasteiger partial charge in [-0.15, -0.1) is 0 Å². The molecule has 61 heavy (non-hydrogen) atoms. The van der Waals surface area contributed by atoms with Crippen LogP contribution in [0.5, 0.6) is 0 Å². The fourth-order valence-electron chi connectivity index (χ4n) is 10.9. The zero-order valence-electron chi connectivity index (χ0n) is 36.1. The van der Waals surface area contributed by atoms with E-state index in [1.165, 1.54) is 6.92 Å². The molecule has 0 radical (unpaired) electrons. The molecular formula is C47H57NO13. The number of benzene rings is 2. The third-order valence-corrected chi connectivity index (χ3v) is 14.5. The predicted octanol–water partition coefficient (Wildman–Crippen LogP) is 5.99. The number of carbonyl (C=O) groups excluding carboxylic acids is 6. The first-order valence-corrected chi connectivity index (χ1v) is 21.3. The quantitative estimate of drug-likeness (QED) is 0.153. The van der Waals surface area contributed by atoms with E-state index in [1.807, 2.05) is 20.8 Å². The van der Waals surface area contributed by atoms with Gasteiger partial charge in [0.15, 0.2) is 17.5 Å². The second-order valence-corrected chi connectivity index (χ2v) is 18.2. The maximum absolute atomic E-state index is 15.5. The van der Waals surface area contributed by atoms with Gasteiger partial charge in [-0.05, 0) is 73.8 Å². The number of aliphatic hydroxyl groups is 1. The molecule has 4 aliphatic carbocycles. The van der Waals surface area contributed by atoms with Gasteiger partial charge in [-0.1, -0.05) is 83.1 Å². The molecule has 1 heterocycles. The van der Waals surface area contributed by atoms with Crippen LogP contribution in [0, 0.1) is 34.5 Å². The van der Waals surface area contributed by atoms with Gasteiger partial charge < -0.3 is 38.8 Å². The van der Waals surface area contributed by atoms with Crippen molar-refractivity contribution in [2.75, 3.05) is 13.2 Å². The molecule has 14 nitrogen and oxygen atoms in total. The van der Waals surface area contributed by atoms with Crippen molar-refractivity contribution in [2.24, 2.45) is 34.5 Å². The van der Waals surface area contributed by atoms with E-state index in [0.29, 0.717) is 30.4 Å². The van der Waals surface area contributed by atoms with Crippen LogP contribution in [0.4, 0.5) is 4.79 Å². The van der Waals surface area contributed by atoms with Gasteiger partial charge in [0, 0.05) is 35.7 Å². The molecule has 7 rings (SSSR count). The lowest BCUT2D eigenvalue weighted by molar-refractivity contribution is -0.333. The van der Waals surface area contributed by atoms with Crippen LogP contribution in [-0.4, -0.2) is 89.7 Å². The molecule has 3 saturated carbocycles. The van der Waals surface area contributed by atoms with E-state index in [-0.39, 0.29) is 48.6 Å². The summed E-state index contributed by atoms with van der Waals surface area (Å²) in [5.41, 5.74) is -4.36. The van der Waals surface area contributed by atoms with Crippen LogP contribution in [0.25, 0.3) is 0 Å². The fourth-order valence-corrected chi connectivity index (χ4v) is 10.9. The van der Waals surface area contributed by atoms with Gasteiger partial charge in [0.05, 0.1) is 24.7 Å². The normalized spacial score (nSPS) is 33.4. The van der Waals surface area contributed by atoms with Crippen molar-refractivity contribution in [2.45, 2.75) is 123 Å². The van der Waals surface area contributed by atoms with Gasteiger partial charge >= 0.3 is 24.1 Å². The lowest BCUT2D eigenvalue weighted by atomic mass is 9.41. The number of rotatable bonds is 11. The maximum Gasteiger partial charge on any atom is 0.509 e. The van der Waals surface area contributed by atoms with Crippen LogP contribution in [0.2, 0.25) is 0 Å². The molecule has 5 aliphatic rings. The number of esters is 3. The Labute approximate surface area is 356 Å². The molecule has 1 saturated heterocycles. The van der Waals surface area contributed by atoms with E-state index >= 15 is 4.79 Å². The van der Waals surface area contributed by atoms with E-state index in [9.17, 15) is 29.1 Å². The minimum Gasteiger partial charge on any atom is -0.455 e. The van der Waals surface area contributed by atoms with Crippen LogP contribution in [-0.2, 0) is 47.6 Å². The van der Waals surface area contributed by atoms with Crippen molar-refractivity contribution in [3.8, 4) is 0 Å². The summed E-state index contributed by atoms with van der Waals surface area (Å²) in [6.07, 6.45) is -4.77. The van der Waals surface area contributed by atoms with Crippen molar-refractivity contribution in [3.05, 3.63) is 82.9 Å². The lowest BCUT2D eigenvalue weighted by Gasteiger charge is -2.68. The number of carbonyl (C=O) groups is 6. The van der Waals surface area contributed by atoms with Crippen LogP contribution in [0.1, 0.15) is 103 Å². The molecule has 2 N–H and O–H groups in total. The summed E-state index contributed by atoms with van der Waals surface area (Å²) in [7, 11) is 0. The number of hydrogen-bond donors (Lipinski definition) is 2. The van der Waals surface area contributed by atoms with E-state index in [4.69, 9.17) is 28.4 Å². The van der Waals surface area contributed by atoms with Crippen LogP contribution < -0.4 is 5.32 Å². The summed E-state index contributed by atoms with van der Waals surface area (Å²) >= 11 is 0. The smallest absolute Gasteiger partial charge is 0.455 e. The third kappa shape index (κ3) is 7.43. The number of ketones is 1. The molecule has 11 unspecified atom stereocenters. The summed E-state index contributed by atoms with van der Waals surface area (Å²) < 4.78 is 35.7. The lowest BCUT2D eigenvalue weighted by Crippen LogP contribution is -2.78. The predicted molar refractivity (Wildman–Crippen MR) is 217 cm³/mol. The molecule has 0 aromatic heterocycles. The highest BCUT2D eigenvalue weighted by atomic mass is 16.7.